The summed E-state index contributed by atoms with van der Waals surface area (Å²) in [6.07, 6.45) is 4.68. The molecule has 21 heavy (non-hydrogen) atoms. The molecule has 0 atom stereocenters. The Bertz CT molecular complexity index is 626. The normalized spacial score (nSPS) is 16.8. The molecule has 110 valence electrons. The van der Waals surface area contributed by atoms with Gasteiger partial charge in [0.25, 0.3) is 0 Å². The number of benzene rings is 1. The fourth-order valence-electron chi connectivity index (χ4n) is 2.75. The summed E-state index contributed by atoms with van der Waals surface area (Å²) in [5.41, 5.74) is 0.708. The average Bonchev–Trinajstić information content (AvgIpc) is 2.91. The van der Waals surface area contributed by atoms with Gasteiger partial charge in [-0.15, -0.1) is 0 Å². The number of hydrogen-bond donors (Lipinski definition) is 0. The SMILES string of the molecule is O=C(CN1CCCCCCC1=O)c1cc2ccccc2o1. The Morgan fingerprint density at radius 2 is 1.95 bits per heavy atom. The molecule has 4 heteroatoms. The summed E-state index contributed by atoms with van der Waals surface area (Å²) in [6.45, 7) is 0.795. The highest BCUT2D eigenvalue weighted by Crippen LogP contribution is 2.20. The minimum Gasteiger partial charge on any atom is -0.453 e. The van der Waals surface area contributed by atoms with Gasteiger partial charge in [-0.05, 0) is 25.0 Å². The third-order valence-corrected chi connectivity index (χ3v) is 3.96. The molecular formula is C17H19NO3. The zero-order valence-electron chi connectivity index (χ0n) is 12.0. The first kappa shape index (κ1) is 13.9. The van der Waals surface area contributed by atoms with E-state index in [2.05, 4.69) is 0 Å². The van der Waals surface area contributed by atoms with Crippen molar-refractivity contribution in [3.05, 3.63) is 36.1 Å². The maximum Gasteiger partial charge on any atom is 0.222 e. The van der Waals surface area contributed by atoms with Crippen LogP contribution in [0, 0.1) is 0 Å². The number of furan rings is 1. The number of carbonyl (C=O) groups excluding carboxylic acids is 2. The molecule has 0 saturated carbocycles. The van der Waals surface area contributed by atoms with Crippen LogP contribution in [0.25, 0.3) is 11.0 Å². The molecule has 1 saturated heterocycles. The third kappa shape index (κ3) is 3.15. The molecule has 2 heterocycles. The molecule has 0 unspecified atom stereocenters. The minimum absolute atomic E-state index is 0.0826. The summed E-state index contributed by atoms with van der Waals surface area (Å²) in [5.74, 6) is 0.297. The molecule has 2 aromatic rings. The van der Waals surface area contributed by atoms with Gasteiger partial charge < -0.3 is 9.32 Å². The van der Waals surface area contributed by atoms with Crippen LogP contribution in [-0.2, 0) is 4.79 Å². The number of nitrogens with zero attached hydrogens (tertiary/aromatic N) is 1. The highest BCUT2D eigenvalue weighted by molar-refractivity contribution is 6.00. The molecule has 1 aromatic heterocycles. The molecule has 0 aliphatic carbocycles. The van der Waals surface area contributed by atoms with Gasteiger partial charge in [0.05, 0.1) is 6.54 Å². The first-order valence-corrected chi connectivity index (χ1v) is 7.53. The quantitative estimate of drug-likeness (QED) is 0.812. The monoisotopic (exact) mass is 285 g/mol. The zero-order valence-corrected chi connectivity index (χ0v) is 12.0. The van der Waals surface area contributed by atoms with Crippen LogP contribution in [0.15, 0.2) is 34.7 Å². The van der Waals surface area contributed by atoms with E-state index < -0.39 is 0 Å². The topological polar surface area (TPSA) is 50.5 Å². The number of carbonyl (C=O) groups is 2. The highest BCUT2D eigenvalue weighted by Gasteiger charge is 2.21. The van der Waals surface area contributed by atoms with Crippen LogP contribution in [0.3, 0.4) is 0 Å². The molecule has 0 N–H and O–H groups in total. The predicted octanol–water partition coefficient (Wildman–Crippen LogP) is 3.41. The van der Waals surface area contributed by atoms with Crippen molar-refractivity contribution in [1.29, 1.82) is 0 Å². The number of amides is 1. The lowest BCUT2D eigenvalue weighted by Crippen LogP contribution is -2.37. The average molecular weight is 285 g/mol. The molecular weight excluding hydrogens is 266 g/mol. The largest absolute Gasteiger partial charge is 0.453 e. The second kappa shape index (κ2) is 6.12. The Morgan fingerprint density at radius 3 is 2.81 bits per heavy atom. The fourth-order valence-corrected chi connectivity index (χ4v) is 2.75. The summed E-state index contributed by atoms with van der Waals surface area (Å²) >= 11 is 0. The van der Waals surface area contributed by atoms with Crippen molar-refractivity contribution in [3.8, 4) is 0 Å². The Hall–Kier alpha value is -2.10. The van der Waals surface area contributed by atoms with Crippen molar-refractivity contribution >= 4 is 22.7 Å². The molecule has 0 radical (unpaired) electrons. The van der Waals surface area contributed by atoms with Gasteiger partial charge in [-0.3, -0.25) is 9.59 Å². The van der Waals surface area contributed by atoms with Crippen LogP contribution in [0.4, 0.5) is 0 Å². The van der Waals surface area contributed by atoms with Crippen LogP contribution in [0.5, 0.6) is 0 Å². The van der Waals surface area contributed by atoms with E-state index in [1.54, 1.807) is 11.0 Å². The second-order valence-corrected chi connectivity index (χ2v) is 5.55. The van der Waals surface area contributed by atoms with Gasteiger partial charge in [-0.1, -0.05) is 31.0 Å². The molecule has 0 bridgehead atoms. The number of Topliss-reactive ketones (excluding diaryl/α,β-unsaturated/α-hetero) is 1. The summed E-state index contributed by atoms with van der Waals surface area (Å²) in [5, 5.41) is 0.917. The maximum atomic E-state index is 12.3. The number of fused-ring (bicyclic) bond motifs is 1. The van der Waals surface area contributed by atoms with E-state index in [1.807, 2.05) is 24.3 Å². The van der Waals surface area contributed by atoms with Crippen LogP contribution in [-0.4, -0.2) is 29.7 Å². The van der Waals surface area contributed by atoms with Gasteiger partial charge in [0.1, 0.15) is 5.58 Å². The van der Waals surface area contributed by atoms with Crippen molar-refractivity contribution in [2.45, 2.75) is 32.1 Å². The Labute approximate surface area is 123 Å². The van der Waals surface area contributed by atoms with Crippen molar-refractivity contribution in [3.63, 3.8) is 0 Å². The molecule has 1 aliphatic heterocycles. The van der Waals surface area contributed by atoms with Crippen LogP contribution >= 0.6 is 0 Å². The highest BCUT2D eigenvalue weighted by atomic mass is 16.3. The van der Waals surface area contributed by atoms with E-state index in [1.165, 1.54) is 0 Å². The van der Waals surface area contributed by atoms with Crippen molar-refractivity contribution < 1.29 is 14.0 Å². The number of ketones is 1. The summed E-state index contributed by atoms with van der Waals surface area (Å²) in [4.78, 5) is 26.1. The number of likely N-dealkylation sites (tertiary alicyclic amines) is 1. The smallest absolute Gasteiger partial charge is 0.222 e. The lowest BCUT2D eigenvalue weighted by molar-refractivity contribution is -0.131. The summed E-state index contributed by atoms with van der Waals surface area (Å²) in [6, 6.07) is 9.30. The first-order valence-electron chi connectivity index (χ1n) is 7.53. The maximum absolute atomic E-state index is 12.3. The Kier molecular flexibility index (Phi) is 4.04. The molecule has 1 aliphatic rings. The fraction of sp³-hybridized carbons (Fsp3) is 0.412. The van der Waals surface area contributed by atoms with Crippen molar-refractivity contribution in [1.82, 2.24) is 4.90 Å². The molecule has 1 aromatic carbocycles. The number of hydrogen-bond acceptors (Lipinski definition) is 3. The van der Waals surface area contributed by atoms with Gasteiger partial charge in [-0.2, -0.15) is 0 Å². The van der Waals surface area contributed by atoms with Gasteiger partial charge >= 0.3 is 0 Å². The molecule has 1 fully saturated rings. The van der Waals surface area contributed by atoms with Gasteiger partial charge in [0, 0.05) is 18.4 Å². The number of para-hydroxylation sites is 1. The van der Waals surface area contributed by atoms with E-state index in [-0.39, 0.29) is 18.2 Å². The van der Waals surface area contributed by atoms with Gasteiger partial charge in [-0.25, -0.2) is 0 Å². The van der Waals surface area contributed by atoms with Gasteiger partial charge in [0.15, 0.2) is 5.76 Å². The van der Waals surface area contributed by atoms with Crippen molar-refractivity contribution in [2.75, 3.05) is 13.1 Å². The van der Waals surface area contributed by atoms with Gasteiger partial charge in [0.2, 0.25) is 11.7 Å². The summed E-state index contributed by atoms with van der Waals surface area (Å²) in [7, 11) is 0. The lowest BCUT2D eigenvalue weighted by atomic mass is 10.1. The predicted molar refractivity (Wildman–Crippen MR) is 80.2 cm³/mol. The molecule has 3 rings (SSSR count). The molecule has 4 nitrogen and oxygen atoms in total. The Balaban J connectivity index is 1.73. The Morgan fingerprint density at radius 1 is 1.14 bits per heavy atom. The first-order chi connectivity index (χ1) is 10.2. The van der Waals surface area contributed by atoms with Crippen LogP contribution < -0.4 is 0 Å². The molecule has 1 amide bonds. The van der Waals surface area contributed by atoms with E-state index in [9.17, 15) is 9.59 Å². The van der Waals surface area contributed by atoms with E-state index in [0.717, 1.165) is 31.1 Å². The molecule has 0 spiro atoms. The van der Waals surface area contributed by atoms with Crippen LogP contribution in [0.1, 0.15) is 42.7 Å². The second-order valence-electron chi connectivity index (χ2n) is 5.55. The van der Waals surface area contributed by atoms with E-state index in [4.69, 9.17) is 4.42 Å². The zero-order chi connectivity index (χ0) is 14.7. The van der Waals surface area contributed by atoms with E-state index >= 15 is 0 Å². The van der Waals surface area contributed by atoms with Crippen molar-refractivity contribution in [2.24, 2.45) is 0 Å². The van der Waals surface area contributed by atoms with E-state index in [0.29, 0.717) is 24.3 Å². The summed E-state index contributed by atoms with van der Waals surface area (Å²) < 4.78 is 5.58. The number of rotatable bonds is 3. The minimum atomic E-state index is -0.125. The standard InChI is InChI=1S/C17H19NO3/c19-14(12-18-10-6-2-1-3-9-17(18)20)16-11-13-7-4-5-8-15(13)21-16/h4-5,7-8,11H,1-3,6,9-10,12H2. The van der Waals surface area contributed by atoms with Crippen LogP contribution in [0.2, 0.25) is 0 Å². The lowest BCUT2D eigenvalue weighted by Gasteiger charge is -2.23. The third-order valence-electron chi connectivity index (χ3n) is 3.96.